The summed E-state index contributed by atoms with van der Waals surface area (Å²) in [4.78, 5) is 0.389. The Morgan fingerprint density at radius 3 is 2.19 bits per heavy atom. The minimum atomic E-state index is -0.113. The highest BCUT2D eigenvalue weighted by Crippen LogP contribution is 2.18. The highest BCUT2D eigenvalue weighted by molar-refractivity contribution is 7.81. The summed E-state index contributed by atoms with van der Waals surface area (Å²) in [5, 5.41) is 16.4. The molecule has 3 nitrogen and oxygen atoms in total. The van der Waals surface area contributed by atoms with E-state index in [4.69, 9.17) is 12.2 Å². The van der Waals surface area contributed by atoms with Crippen LogP contribution in [0.3, 0.4) is 0 Å². The molecular weight excluding hydrogens is 352 g/mol. The Kier molecular flexibility index (Phi) is 5.99. The number of aromatic nitrogens is 1. The molecule has 0 amide bonds. The molecule has 3 rings (SSSR count). The molecule has 0 spiro atoms. The standard InChI is InChI=1S/C23H22N2OS/c1-3-18-9-11-19(12-10-18)22(26)21(25-15-5-4-6-16-25)23(27)24-20-13-7-17(2)8-14-20/h4-16H,3H2,1-2H3,(H-,24,26,27). The van der Waals surface area contributed by atoms with Gasteiger partial charge in [0.1, 0.15) is 0 Å². The van der Waals surface area contributed by atoms with Crippen molar-refractivity contribution in [2.24, 2.45) is 0 Å². The first-order valence-corrected chi connectivity index (χ1v) is 9.34. The van der Waals surface area contributed by atoms with Crippen molar-refractivity contribution in [3.63, 3.8) is 0 Å². The Morgan fingerprint density at radius 2 is 1.59 bits per heavy atom. The van der Waals surface area contributed by atoms with E-state index in [1.807, 2.05) is 86.0 Å². The predicted molar refractivity (Wildman–Crippen MR) is 113 cm³/mol. The van der Waals surface area contributed by atoms with Gasteiger partial charge in [-0.25, -0.2) is 0 Å². The Morgan fingerprint density at radius 1 is 0.963 bits per heavy atom. The molecule has 0 fully saturated rings. The van der Waals surface area contributed by atoms with Gasteiger partial charge in [0, 0.05) is 17.8 Å². The fraction of sp³-hybridized carbons (Fsp3) is 0.130. The first-order chi connectivity index (χ1) is 13.1. The number of pyridine rings is 1. The quantitative estimate of drug-likeness (QED) is 0.318. The monoisotopic (exact) mass is 374 g/mol. The maximum atomic E-state index is 13.2. The lowest BCUT2D eigenvalue weighted by Crippen LogP contribution is -2.39. The zero-order chi connectivity index (χ0) is 19.2. The molecule has 136 valence electrons. The summed E-state index contributed by atoms with van der Waals surface area (Å²) in [6, 6.07) is 21.3. The van der Waals surface area contributed by atoms with E-state index in [-0.39, 0.29) is 5.76 Å². The van der Waals surface area contributed by atoms with Crippen molar-refractivity contribution in [3.8, 4) is 0 Å². The van der Waals surface area contributed by atoms with Crippen molar-refractivity contribution in [3.05, 3.63) is 95.8 Å². The second kappa shape index (κ2) is 8.60. The van der Waals surface area contributed by atoms with Crippen LogP contribution in [-0.2, 0) is 6.42 Å². The average molecular weight is 375 g/mol. The second-order valence-corrected chi connectivity index (χ2v) is 6.74. The summed E-state index contributed by atoms with van der Waals surface area (Å²) in [5.41, 5.74) is 4.26. The van der Waals surface area contributed by atoms with Crippen molar-refractivity contribution in [1.29, 1.82) is 0 Å². The zero-order valence-electron chi connectivity index (χ0n) is 15.5. The van der Waals surface area contributed by atoms with Crippen LogP contribution in [-0.4, -0.2) is 4.99 Å². The number of aryl methyl sites for hydroxylation is 2. The first-order valence-electron chi connectivity index (χ1n) is 8.93. The maximum absolute atomic E-state index is 13.2. The summed E-state index contributed by atoms with van der Waals surface area (Å²) >= 11 is 5.61. The van der Waals surface area contributed by atoms with E-state index < -0.39 is 0 Å². The topological polar surface area (TPSA) is 39.0 Å². The van der Waals surface area contributed by atoms with Gasteiger partial charge in [-0.2, -0.15) is 4.57 Å². The summed E-state index contributed by atoms with van der Waals surface area (Å²) in [7, 11) is 0. The van der Waals surface area contributed by atoms with E-state index in [0.29, 0.717) is 16.2 Å². The molecule has 2 aromatic carbocycles. The number of hydrogen-bond acceptors (Lipinski definition) is 2. The number of thiocarbonyl (C=S) groups is 1. The van der Waals surface area contributed by atoms with E-state index in [2.05, 4.69) is 12.2 Å². The number of benzene rings is 2. The molecule has 0 aliphatic heterocycles. The Balaban J connectivity index is 2.02. The molecule has 0 aliphatic rings. The van der Waals surface area contributed by atoms with Gasteiger partial charge in [0.05, 0.1) is 0 Å². The Bertz CT molecular complexity index is 946. The van der Waals surface area contributed by atoms with Crippen molar-refractivity contribution in [2.75, 3.05) is 5.32 Å². The minimum Gasteiger partial charge on any atom is -0.867 e. The Labute approximate surface area is 165 Å². The fourth-order valence-corrected chi connectivity index (χ4v) is 3.06. The van der Waals surface area contributed by atoms with E-state index in [0.717, 1.165) is 12.1 Å². The zero-order valence-corrected chi connectivity index (χ0v) is 16.3. The van der Waals surface area contributed by atoms with Gasteiger partial charge < -0.3 is 10.4 Å². The summed E-state index contributed by atoms with van der Waals surface area (Å²) in [5.74, 6) is -0.113. The lowest BCUT2D eigenvalue weighted by atomic mass is 10.1. The summed E-state index contributed by atoms with van der Waals surface area (Å²) in [6.07, 6.45) is 4.60. The molecule has 0 atom stereocenters. The van der Waals surface area contributed by atoms with Gasteiger partial charge in [0.2, 0.25) is 5.70 Å². The van der Waals surface area contributed by atoms with E-state index in [1.165, 1.54) is 11.1 Å². The minimum absolute atomic E-state index is 0.113. The molecule has 3 aromatic rings. The number of hydrogen-bond donors (Lipinski definition) is 1. The Hall–Kier alpha value is -2.98. The van der Waals surface area contributed by atoms with Crippen LogP contribution in [0.15, 0.2) is 79.1 Å². The lowest BCUT2D eigenvalue weighted by Gasteiger charge is -2.17. The van der Waals surface area contributed by atoms with Gasteiger partial charge in [-0.15, -0.1) is 0 Å². The van der Waals surface area contributed by atoms with Crippen molar-refractivity contribution in [2.45, 2.75) is 20.3 Å². The van der Waals surface area contributed by atoms with Crippen LogP contribution in [0.5, 0.6) is 0 Å². The van der Waals surface area contributed by atoms with Gasteiger partial charge >= 0.3 is 0 Å². The molecule has 1 N–H and O–H groups in total. The summed E-state index contributed by atoms with van der Waals surface area (Å²) in [6.45, 7) is 4.12. The van der Waals surface area contributed by atoms with Gasteiger partial charge in [-0.3, -0.25) is 0 Å². The normalized spacial score (nSPS) is 11.6. The number of rotatable bonds is 5. The second-order valence-electron chi connectivity index (χ2n) is 6.33. The van der Waals surface area contributed by atoms with Crippen molar-refractivity contribution < 1.29 is 9.67 Å². The van der Waals surface area contributed by atoms with Crippen LogP contribution >= 0.6 is 12.2 Å². The fourth-order valence-electron chi connectivity index (χ4n) is 2.74. The molecule has 0 saturated heterocycles. The van der Waals surface area contributed by atoms with E-state index >= 15 is 0 Å². The third-order valence-corrected chi connectivity index (χ3v) is 4.63. The number of anilines is 1. The predicted octanol–water partition coefficient (Wildman–Crippen LogP) is 3.97. The number of nitrogens with one attached hydrogen (secondary N) is 1. The third kappa shape index (κ3) is 4.60. The van der Waals surface area contributed by atoms with Gasteiger partial charge in [0.25, 0.3) is 0 Å². The van der Waals surface area contributed by atoms with E-state index in [1.54, 1.807) is 4.57 Å². The van der Waals surface area contributed by atoms with Gasteiger partial charge in [-0.05, 0) is 42.4 Å². The van der Waals surface area contributed by atoms with Gasteiger partial charge in [-0.1, -0.05) is 67.2 Å². The summed E-state index contributed by atoms with van der Waals surface area (Å²) < 4.78 is 1.76. The van der Waals surface area contributed by atoms with E-state index in [9.17, 15) is 5.11 Å². The lowest BCUT2D eigenvalue weighted by molar-refractivity contribution is -0.577. The van der Waals surface area contributed by atoms with Crippen LogP contribution in [0.1, 0.15) is 23.6 Å². The van der Waals surface area contributed by atoms with Gasteiger partial charge in [0.15, 0.2) is 17.4 Å². The third-order valence-electron chi connectivity index (χ3n) is 4.34. The highest BCUT2D eigenvalue weighted by Gasteiger charge is 2.18. The number of nitrogens with zero attached hydrogens (tertiary/aromatic N) is 1. The molecule has 0 aliphatic carbocycles. The van der Waals surface area contributed by atoms with Crippen molar-refractivity contribution in [1.82, 2.24) is 0 Å². The molecule has 4 heteroatoms. The van der Waals surface area contributed by atoms with Crippen LogP contribution in [0.25, 0.3) is 11.5 Å². The smallest absolute Gasteiger partial charge is 0.238 e. The van der Waals surface area contributed by atoms with Crippen LogP contribution in [0, 0.1) is 6.92 Å². The maximum Gasteiger partial charge on any atom is 0.238 e. The highest BCUT2D eigenvalue weighted by atomic mass is 32.1. The molecule has 0 bridgehead atoms. The molecule has 0 unspecified atom stereocenters. The molecule has 1 aromatic heterocycles. The molecule has 0 saturated carbocycles. The molecular formula is C23H22N2OS. The average Bonchev–Trinajstić information content (AvgIpc) is 2.71. The van der Waals surface area contributed by atoms with Crippen LogP contribution in [0.4, 0.5) is 5.69 Å². The van der Waals surface area contributed by atoms with Crippen molar-refractivity contribution >= 4 is 34.3 Å². The SMILES string of the molecule is CCc1ccc(C([O-])=C(C(=S)Nc2ccc(C)cc2)[n+]2ccccc2)cc1. The largest absolute Gasteiger partial charge is 0.867 e. The molecule has 1 heterocycles. The molecule has 27 heavy (non-hydrogen) atoms. The first kappa shape index (κ1) is 18.8. The van der Waals surface area contributed by atoms with Crippen LogP contribution in [0.2, 0.25) is 0 Å². The molecule has 0 radical (unpaired) electrons. The van der Waals surface area contributed by atoms with Crippen LogP contribution < -0.4 is 15.0 Å².